The van der Waals surface area contributed by atoms with E-state index in [1.807, 2.05) is 36.4 Å². The molecule has 0 radical (unpaired) electrons. The van der Waals surface area contributed by atoms with Crippen LogP contribution in [0.25, 0.3) is 271 Å². The van der Waals surface area contributed by atoms with Gasteiger partial charge in [-0.15, -0.1) is 45.3 Å². The van der Waals surface area contributed by atoms with E-state index >= 15 is 0 Å². The predicted molar refractivity (Wildman–Crippen MR) is 607 cm³/mol. The van der Waals surface area contributed by atoms with E-state index in [2.05, 4.69) is 458 Å². The van der Waals surface area contributed by atoms with Crippen LogP contribution in [-0.4, -0.2) is 49.0 Å². The Kier molecular flexibility index (Phi) is 21.5. The minimum Gasteiger partial charge on any atom is -0.309 e. The lowest BCUT2D eigenvalue weighted by Crippen LogP contribution is -1.96. The quantitative estimate of drug-likeness (QED) is 0.106. The van der Waals surface area contributed by atoms with Crippen LogP contribution in [0.3, 0.4) is 0 Å². The average molecular weight is 1910 g/mol. The van der Waals surface area contributed by atoms with Gasteiger partial charge in [0.2, 0.25) is 0 Å². The third kappa shape index (κ3) is 15.5. The summed E-state index contributed by atoms with van der Waals surface area (Å²) in [6.07, 6.45) is 0. The van der Waals surface area contributed by atoms with Crippen molar-refractivity contribution >= 4 is 170 Å². The van der Waals surface area contributed by atoms with Crippen molar-refractivity contribution in [3.05, 3.63) is 485 Å². The van der Waals surface area contributed by atoms with Crippen molar-refractivity contribution in [3.63, 3.8) is 0 Å². The van der Waals surface area contributed by atoms with Crippen LogP contribution in [0.5, 0.6) is 0 Å². The number of fused-ring (bicyclic) bond motifs is 18. The second-order valence-corrected chi connectivity index (χ2v) is 40.0. The van der Waals surface area contributed by atoms with Gasteiger partial charge in [0.25, 0.3) is 0 Å². The molecule has 0 aliphatic heterocycles. The molecule has 29 aromatic rings. The molecule has 0 bridgehead atoms. The third-order valence-corrected chi connectivity index (χ3v) is 31.6. The molecule has 10 aromatic heterocycles. The smallest absolute Gasteiger partial charge is 0.161 e. The number of nitrogens with zero attached hydrogens (tertiary/aromatic N) is 10. The Morgan fingerprint density at radius 2 is 0.417 bits per heavy atom. The Balaban J connectivity index is 0.000000108. The molecule has 0 N–H and O–H groups in total. The van der Waals surface area contributed by atoms with Crippen molar-refractivity contribution in [3.8, 4) is 146 Å². The van der Waals surface area contributed by atoms with Crippen LogP contribution in [0, 0.1) is 0 Å². The van der Waals surface area contributed by atoms with Gasteiger partial charge in [0.15, 0.2) is 23.3 Å². The molecule has 0 aliphatic carbocycles. The molecule has 0 atom stereocenters. The molecule has 0 saturated carbocycles. The summed E-state index contributed by atoms with van der Waals surface area (Å²) >= 11 is 6.92. The zero-order valence-corrected chi connectivity index (χ0v) is 80.6. The number of benzene rings is 19. The van der Waals surface area contributed by atoms with Crippen molar-refractivity contribution in [1.29, 1.82) is 0 Å². The first-order chi connectivity index (χ1) is 71.4. The van der Waals surface area contributed by atoms with E-state index in [0.29, 0.717) is 0 Å². The fourth-order valence-electron chi connectivity index (χ4n) is 20.4. The maximum absolute atomic E-state index is 5.31. The van der Waals surface area contributed by atoms with Crippen LogP contribution in [0.2, 0.25) is 0 Å². The monoisotopic (exact) mass is 1910 g/mol. The largest absolute Gasteiger partial charge is 0.309 e. The molecule has 0 amide bonds. The minimum atomic E-state index is 0.719. The molecule has 0 saturated heterocycles. The van der Waals surface area contributed by atoms with Crippen LogP contribution in [0.15, 0.2) is 485 Å². The van der Waals surface area contributed by atoms with E-state index < -0.39 is 0 Å². The van der Waals surface area contributed by atoms with Crippen molar-refractivity contribution in [1.82, 2.24) is 49.0 Å². The first kappa shape index (κ1) is 85.2. The summed E-state index contributed by atoms with van der Waals surface area (Å²) < 4.78 is 10.6. The zero-order valence-electron chi connectivity index (χ0n) is 77.3. The number of aromatic nitrogens is 10. The molecule has 10 heterocycles. The van der Waals surface area contributed by atoms with Gasteiger partial charge in [-0.1, -0.05) is 388 Å². The van der Waals surface area contributed by atoms with Gasteiger partial charge in [-0.25, -0.2) is 39.9 Å². The second-order valence-electron chi connectivity index (χ2n) is 35.9. The van der Waals surface area contributed by atoms with Crippen LogP contribution in [0.1, 0.15) is 0 Å². The van der Waals surface area contributed by atoms with Crippen molar-refractivity contribution < 1.29 is 0 Å². The van der Waals surface area contributed by atoms with Gasteiger partial charge in [0.1, 0.15) is 14.5 Å². The van der Waals surface area contributed by atoms with Gasteiger partial charge in [-0.2, -0.15) is 0 Å². The van der Waals surface area contributed by atoms with E-state index in [1.165, 1.54) is 112 Å². The summed E-state index contributed by atoms with van der Waals surface area (Å²) in [5, 5.41) is 13.0. The molecule has 674 valence electrons. The van der Waals surface area contributed by atoms with E-state index in [4.69, 9.17) is 39.9 Å². The summed E-state index contributed by atoms with van der Waals surface area (Å²) in [6.45, 7) is 0. The summed E-state index contributed by atoms with van der Waals surface area (Å²) in [4.78, 5) is 44.6. The Hall–Kier alpha value is -18.0. The molecule has 144 heavy (non-hydrogen) atoms. The standard InChI is InChI=1S/C46H29N3S.C44H26N4S2.C40H25N3S/c1-3-12-30(13-4-1)33-14-11-15-35(28-33)45-47-44(43-38-19-8-10-21-42(38)50-46(43)48-45)32-24-22-31(23-25-32)34-26-27-41-39(29-34)37-18-7-9-20-40(37)49(41)36-16-5-2-6-17-36;1-3-12-27(13-4-1)31-16-11-17-32(26-31)43-45-38(37-33-18-7-9-20-35(33)50-44(37)48-43)28-22-24-29(25-23-28)39-41-40(34-19-8-10-21-36(34)49-41)47-42(46-39)30-14-5-2-6-15-30;1-2-11-26(12-3-1)28-13-10-14-29(25-28)39-41-38(37-33-17-6-9-20-36(33)44-40(37)42-39)27-21-23-30(24-22-27)43-34-18-7-4-15-31(34)32-16-5-8-19-35(32)43/h1-29H;1-26H;1-25H. The molecule has 29 rings (SSSR count). The van der Waals surface area contributed by atoms with Crippen LogP contribution < -0.4 is 0 Å². The number of para-hydroxylation sites is 4. The maximum atomic E-state index is 5.31. The van der Waals surface area contributed by atoms with Crippen molar-refractivity contribution in [2.75, 3.05) is 0 Å². The topological polar surface area (TPSA) is 113 Å². The number of thiophene rings is 4. The SMILES string of the molecule is c1ccc(-c2cccc(-c3nc(-c4ccc(-c5ccc6c(c5)c5ccccc5n6-c5ccccc5)cc4)c4c(n3)sc3ccccc34)c2)cc1.c1ccc(-c2cccc(-c3nc(-c4ccc(-c5nc(-c6ccccc6)nc6c5sc5ccccc56)cc4)c4c(n3)sc3ccccc34)c2)cc1.c1ccc(-c2cccc(-c3nc(-c4ccc(-n5c6ccccc6c6ccccc65)cc4)c4c(n3)sc3ccccc34)c2)cc1. The lowest BCUT2D eigenvalue weighted by atomic mass is 9.99. The number of hydrogen-bond donors (Lipinski definition) is 0. The Bertz CT molecular complexity index is 9960. The minimum absolute atomic E-state index is 0.719. The van der Waals surface area contributed by atoms with E-state index in [0.717, 1.165) is 159 Å². The van der Waals surface area contributed by atoms with Crippen molar-refractivity contribution in [2.45, 2.75) is 0 Å². The van der Waals surface area contributed by atoms with Crippen molar-refractivity contribution in [2.24, 2.45) is 0 Å². The molecule has 10 nitrogen and oxygen atoms in total. The molecular weight excluding hydrogens is 1830 g/mol. The van der Waals surface area contributed by atoms with E-state index in [1.54, 1.807) is 45.3 Å². The molecular formula is C130H80N10S4. The molecule has 0 unspecified atom stereocenters. The van der Waals surface area contributed by atoms with Gasteiger partial charge < -0.3 is 9.13 Å². The van der Waals surface area contributed by atoms with Crippen LogP contribution >= 0.6 is 45.3 Å². The van der Waals surface area contributed by atoms with Gasteiger partial charge in [-0.3, -0.25) is 0 Å². The summed E-state index contributed by atoms with van der Waals surface area (Å²) in [7, 11) is 0. The Morgan fingerprint density at radius 3 is 0.826 bits per heavy atom. The fraction of sp³-hybridized carbons (Fsp3) is 0. The lowest BCUT2D eigenvalue weighted by Gasteiger charge is -2.11. The third-order valence-electron chi connectivity index (χ3n) is 27.2. The van der Waals surface area contributed by atoms with Crippen LogP contribution in [-0.2, 0) is 0 Å². The van der Waals surface area contributed by atoms with E-state index in [9.17, 15) is 0 Å². The second kappa shape index (κ2) is 36.3. The number of hydrogen-bond acceptors (Lipinski definition) is 12. The number of rotatable bonds is 14. The highest BCUT2D eigenvalue weighted by atomic mass is 32.1. The fourth-order valence-corrected chi connectivity index (χ4v) is 24.8. The first-order valence-corrected chi connectivity index (χ1v) is 51.3. The molecule has 0 fully saturated rings. The molecule has 14 heteroatoms. The Labute approximate surface area is 844 Å². The molecule has 0 spiro atoms. The Morgan fingerprint density at radius 1 is 0.153 bits per heavy atom. The van der Waals surface area contributed by atoms with Crippen LogP contribution in [0.4, 0.5) is 0 Å². The summed E-state index contributed by atoms with van der Waals surface area (Å²) in [5.74, 6) is 2.92. The summed E-state index contributed by atoms with van der Waals surface area (Å²) in [6, 6.07) is 171. The maximum Gasteiger partial charge on any atom is 0.161 e. The highest BCUT2D eigenvalue weighted by Crippen LogP contribution is 2.48. The molecule has 0 aliphatic rings. The van der Waals surface area contributed by atoms with Gasteiger partial charge in [-0.05, 0) is 142 Å². The first-order valence-electron chi connectivity index (χ1n) is 48.1. The van der Waals surface area contributed by atoms with Gasteiger partial charge >= 0.3 is 0 Å². The normalized spacial score (nSPS) is 11.6. The predicted octanol–water partition coefficient (Wildman–Crippen LogP) is 35.9. The van der Waals surface area contributed by atoms with E-state index in [-0.39, 0.29) is 0 Å². The average Bonchev–Trinajstić information content (AvgIpc) is 1.59. The highest BCUT2D eigenvalue weighted by Gasteiger charge is 2.26. The summed E-state index contributed by atoms with van der Waals surface area (Å²) in [5.41, 5.74) is 29.4. The highest BCUT2D eigenvalue weighted by molar-refractivity contribution is 7.27. The molecule has 19 aromatic carbocycles. The lowest BCUT2D eigenvalue weighted by molar-refractivity contribution is 1.18. The van der Waals surface area contributed by atoms with Gasteiger partial charge in [0.05, 0.1) is 55.1 Å². The van der Waals surface area contributed by atoms with Gasteiger partial charge in [0, 0.05) is 134 Å². The zero-order chi connectivity index (χ0) is 95.1.